The first-order chi connectivity index (χ1) is 8.91. The summed E-state index contributed by atoms with van der Waals surface area (Å²) in [5, 5.41) is 12.7. The molecule has 7 heteroatoms. The fourth-order valence-electron chi connectivity index (χ4n) is 1.68. The van der Waals surface area contributed by atoms with Crippen LogP contribution in [0.5, 0.6) is 0 Å². The summed E-state index contributed by atoms with van der Waals surface area (Å²) in [6, 6.07) is 2.41. The first-order valence-corrected chi connectivity index (χ1v) is 6.09. The molecule has 0 bridgehead atoms. The second-order valence-electron chi connectivity index (χ2n) is 3.93. The molecular weight excluding hydrogens is 322 g/mol. The van der Waals surface area contributed by atoms with E-state index < -0.39 is 17.6 Å². The third kappa shape index (κ3) is 2.51. The molecule has 0 aliphatic heterocycles. The number of carboxylic acid groups (broad SMARTS) is 1. The number of hydrogen-bond donors (Lipinski definition) is 1. The van der Waals surface area contributed by atoms with Gasteiger partial charge in [-0.1, -0.05) is 0 Å². The zero-order valence-electron chi connectivity index (χ0n) is 9.82. The molecule has 0 amide bonds. The van der Waals surface area contributed by atoms with E-state index in [2.05, 4.69) is 21.0 Å². The zero-order valence-corrected chi connectivity index (χ0v) is 11.4. The predicted octanol–water partition coefficient (Wildman–Crippen LogP) is 2.98. The van der Waals surface area contributed by atoms with E-state index in [9.17, 15) is 13.6 Å². The van der Waals surface area contributed by atoms with Crippen molar-refractivity contribution in [3.63, 3.8) is 0 Å². The standard InChI is InChI=1S/C12H9BrF2N2O2/c1-6-7(12(18)19)4-16-17(6)5-8-10(14)3-2-9(13)11(8)15/h2-4H,5H2,1H3,(H,18,19). The molecule has 100 valence electrons. The van der Waals surface area contributed by atoms with Gasteiger partial charge in [0, 0.05) is 5.56 Å². The molecule has 0 radical (unpaired) electrons. The lowest BCUT2D eigenvalue weighted by molar-refractivity contribution is 0.0696. The quantitative estimate of drug-likeness (QED) is 0.880. The highest BCUT2D eigenvalue weighted by atomic mass is 79.9. The fraction of sp³-hybridized carbons (Fsp3) is 0.167. The molecule has 1 N–H and O–H groups in total. The Balaban J connectivity index is 2.42. The monoisotopic (exact) mass is 330 g/mol. The highest BCUT2D eigenvalue weighted by Gasteiger charge is 2.17. The molecule has 0 atom stereocenters. The summed E-state index contributed by atoms with van der Waals surface area (Å²) in [4.78, 5) is 10.9. The van der Waals surface area contributed by atoms with Crippen molar-refractivity contribution in [1.29, 1.82) is 0 Å². The van der Waals surface area contributed by atoms with Crippen molar-refractivity contribution in [3.8, 4) is 0 Å². The van der Waals surface area contributed by atoms with Crippen LogP contribution in [0.4, 0.5) is 8.78 Å². The summed E-state index contributed by atoms with van der Waals surface area (Å²) >= 11 is 2.98. The molecule has 0 aliphatic rings. The van der Waals surface area contributed by atoms with Crippen LogP contribution in [0.15, 0.2) is 22.8 Å². The molecule has 4 nitrogen and oxygen atoms in total. The van der Waals surface area contributed by atoms with E-state index in [1.54, 1.807) is 0 Å². The molecule has 1 aromatic heterocycles. The first kappa shape index (κ1) is 13.7. The summed E-state index contributed by atoms with van der Waals surface area (Å²) in [5.74, 6) is -2.54. The molecule has 0 unspecified atom stereocenters. The minimum absolute atomic E-state index is 0.0100. The zero-order chi connectivity index (χ0) is 14.2. The highest BCUT2D eigenvalue weighted by molar-refractivity contribution is 9.10. The average Bonchev–Trinajstić information content (AvgIpc) is 2.71. The largest absolute Gasteiger partial charge is 0.478 e. The number of halogens is 3. The third-order valence-electron chi connectivity index (χ3n) is 2.78. The summed E-state index contributed by atoms with van der Waals surface area (Å²) in [7, 11) is 0. The highest BCUT2D eigenvalue weighted by Crippen LogP contribution is 2.23. The van der Waals surface area contributed by atoms with Crippen LogP contribution >= 0.6 is 15.9 Å². The van der Waals surface area contributed by atoms with Crippen LogP contribution in [0, 0.1) is 18.6 Å². The molecule has 2 rings (SSSR count). The van der Waals surface area contributed by atoms with Crippen LogP contribution in [0.1, 0.15) is 21.6 Å². The SMILES string of the molecule is Cc1c(C(=O)O)cnn1Cc1c(F)ccc(Br)c1F. The van der Waals surface area contributed by atoms with Gasteiger partial charge in [-0.05, 0) is 35.0 Å². The lowest BCUT2D eigenvalue weighted by Crippen LogP contribution is -2.09. The summed E-state index contributed by atoms with van der Waals surface area (Å²) in [5.41, 5.74) is 0.180. The Morgan fingerprint density at radius 3 is 2.74 bits per heavy atom. The van der Waals surface area contributed by atoms with Gasteiger partial charge in [-0.3, -0.25) is 4.68 Å². The van der Waals surface area contributed by atoms with Gasteiger partial charge in [0.05, 0.1) is 22.9 Å². The van der Waals surface area contributed by atoms with Gasteiger partial charge in [0.2, 0.25) is 0 Å². The van der Waals surface area contributed by atoms with Crippen LogP contribution in [0.2, 0.25) is 0 Å². The van der Waals surface area contributed by atoms with Gasteiger partial charge in [-0.15, -0.1) is 0 Å². The van der Waals surface area contributed by atoms with E-state index in [1.807, 2.05) is 0 Å². The minimum atomic E-state index is -1.13. The van der Waals surface area contributed by atoms with Crippen LogP contribution in [-0.4, -0.2) is 20.9 Å². The number of nitrogens with zero attached hydrogens (tertiary/aromatic N) is 2. The van der Waals surface area contributed by atoms with Crippen LogP contribution in [0.3, 0.4) is 0 Å². The van der Waals surface area contributed by atoms with Gasteiger partial charge in [-0.25, -0.2) is 13.6 Å². The Kier molecular flexibility index (Phi) is 3.66. The maximum Gasteiger partial charge on any atom is 0.339 e. The Labute approximate surface area is 115 Å². The van der Waals surface area contributed by atoms with Crippen LogP contribution in [0.25, 0.3) is 0 Å². The topological polar surface area (TPSA) is 55.1 Å². The van der Waals surface area contributed by atoms with Crippen molar-refractivity contribution in [2.75, 3.05) is 0 Å². The van der Waals surface area contributed by atoms with Crippen LogP contribution < -0.4 is 0 Å². The molecule has 0 fully saturated rings. The van der Waals surface area contributed by atoms with Crippen molar-refractivity contribution in [2.24, 2.45) is 0 Å². The van der Waals surface area contributed by atoms with Gasteiger partial charge in [0.15, 0.2) is 0 Å². The number of carboxylic acids is 1. The van der Waals surface area contributed by atoms with Crippen molar-refractivity contribution in [2.45, 2.75) is 13.5 Å². The summed E-state index contributed by atoms with van der Waals surface area (Å²) < 4.78 is 28.8. The molecular formula is C12H9BrF2N2O2. The van der Waals surface area contributed by atoms with E-state index in [0.717, 1.165) is 12.3 Å². The average molecular weight is 331 g/mol. The fourth-order valence-corrected chi connectivity index (χ4v) is 2.05. The Morgan fingerprint density at radius 1 is 1.47 bits per heavy atom. The van der Waals surface area contributed by atoms with Gasteiger partial charge in [0.25, 0.3) is 0 Å². The second kappa shape index (κ2) is 5.08. The van der Waals surface area contributed by atoms with E-state index in [1.165, 1.54) is 17.7 Å². The molecule has 0 spiro atoms. The van der Waals surface area contributed by atoms with Crippen molar-refractivity contribution < 1.29 is 18.7 Å². The van der Waals surface area contributed by atoms with Gasteiger partial charge < -0.3 is 5.11 Å². The number of aromatic carboxylic acids is 1. The molecule has 1 aromatic carbocycles. The second-order valence-corrected chi connectivity index (χ2v) is 4.78. The lowest BCUT2D eigenvalue weighted by atomic mass is 10.2. The van der Waals surface area contributed by atoms with E-state index in [4.69, 9.17) is 5.11 Å². The molecule has 2 aromatic rings. The lowest BCUT2D eigenvalue weighted by Gasteiger charge is -2.08. The number of aromatic nitrogens is 2. The van der Waals surface area contributed by atoms with Crippen molar-refractivity contribution >= 4 is 21.9 Å². The summed E-state index contributed by atoms with van der Waals surface area (Å²) in [6.45, 7) is 1.36. The number of hydrogen-bond acceptors (Lipinski definition) is 2. The number of benzene rings is 1. The molecule has 1 heterocycles. The first-order valence-electron chi connectivity index (χ1n) is 5.30. The van der Waals surface area contributed by atoms with Crippen LogP contribution in [-0.2, 0) is 6.54 Å². The van der Waals surface area contributed by atoms with E-state index >= 15 is 0 Å². The number of carbonyl (C=O) groups is 1. The van der Waals surface area contributed by atoms with Gasteiger partial charge in [-0.2, -0.15) is 5.10 Å². The predicted molar refractivity (Wildman–Crippen MR) is 67.1 cm³/mol. The van der Waals surface area contributed by atoms with Gasteiger partial charge in [0.1, 0.15) is 17.2 Å². The Bertz CT molecular complexity index is 655. The number of rotatable bonds is 3. The molecule has 0 aliphatic carbocycles. The molecule has 0 saturated carbocycles. The molecule has 19 heavy (non-hydrogen) atoms. The van der Waals surface area contributed by atoms with Gasteiger partial charge >= 0.3 is 5.97 Å². The van der Waals surface area contributed by atoms with E-state index in [-0.39, 0.29) is 22.1 Å². The smallest absolute Gasteiger partial charge is 0.339 e. The third-order valence-corrected chi connectivity index (χ3v) is 3.39. The summed E-state index contributed by atoms with van der Waals surface area (Å²) in [6.07, 6.45) is 1.16. The normalized spacial score (nSPS) is 10.7. The Morgan fingerprint density at radius 2 is 2.16 bits per heavy atom. The van der Waals surface area contributed by atoms with Crippen molar-refractivity contribution in [1.82, 2.24) is 9.78 Å². The minimum Gasteiger partial charge on any atom is -0.478 e. The maximum absolute atomic E-state index is 13.8. The Hall–Kier alpha value is -1.76. The van der Waals surface area contributed by atoms with E-state index in [0.29, 0.717) is 5.69 Å². The van der Waals surface area contributed by atoms with Crippen molar-refractivity contribution in [3.05, 3.63) is 51.3 Å². The molecule has 0 saturated heterocycles. The maximum atomic E-state index is 13.8.